The maximum atomic E-state index is 6.66. The normalized spacial score (nSPS) is 15.2. The van der Waals surface area contributed by atoms with Gasteiger partial charge < -0.3 is 9.22 Å². The Morgan fingerprint density at radius 1 is 0.667 bits per heavy atom. The molecule has 1 aromatic heterocycles. The van der Waals surface area contributed by atoms with Gasteiger partial charge in [0, 0.05) is 21.9 Å². The van der Waals surface area contributed by atoms with E-state index in [4.69, 9.17) is 4.65 Å². The van der Waals surface area contributed by atoms with Crippen molar-refractivity contribution < 1.29 is 4.65 Å². The van der Waals surface area contributed by atoms with E-state index in [0.717, 1.165) is 5.75 Å². The number of nitrogens with zero attached hydrogens (tertiary/aromatic N) is 1. The Morgan fingerprint density at radius 3 is 2.17 bits per heavy atom. The fraction of sp³-hybridized carbons (Fsp3) is 0.111. The van der Waals surface area contributed by atoms with Crippen LogP contribution in [0.15, 0.2) is 84.9 Å². The fourth-order valence-electron chi connectivity index (χ4n) is 5.68. The number of hydrogen-bond donors (Lipinski definition) is 0. The Balaban J connectivity index is 1.68. The molecule has 0 spiro atoms. The van der Waals surface area contributed by atoms with Crippen molar-refractivity contribution in [2.24, 2.45) is 0 Å². The van der Waals surface area contributed by atoms with Crippen molar-refractivity contribution in [3.8, 4) is 11.4 Å². The molecule has 0 aliphatic carbocycles. The summed E-state index contributed by atoms with van der Waals surface area (Å²) in [5, 5.41) is 2.64. The Kier molecular flexibility index (Phi) is 2.93. The van der Waals surface area contributed by atoms with Gasteiger partial charge >= 0.3 is 6.92 Å². The third-order valence-corrected chi connectivity index (χ3v) is 7.04. The molecule has 2 aliphatic heterocycles. The maximum Gasteiger partial charge on any atom is 0.430 e. The zero-order chi connectivity index (χ0) is 20.0. The highest BCUT2D eigenvalue weighted by Crippen LogP contribution is 2.47. The number of hydrogen-bond acceptors (Lipinski definition) is 1. The second kappa shape index (κ2) is 5.37. The van der Waals surface area contributed by atoms with Crippen LogP contribution in [0.1, 0.15) is 25.0 Å². The van der Waals surface area contributed by atoms with Crippen molar-refractivity contribution in [2.45, 2.75) is 19.3 Å². The molecular formula is C27H20BNO. The number of rotatable bonds is 2. The Labute approximate surface area is 175 Å². The van der Waals surface area contributed by atoms with Gasteiger partial charge in [0.2, 0.25) is 0 Å². The summed E-state index contributed by atoms with van der Waals surface area (Å²) in [7, 11) is 0. The lowest BCUT2D eigenvalue weighted by Crippen LogP contribution is -2.53. The Bertz CT molecular complexity index is 1500. The van der Waals surface area contributed by atoms with Crippen molar-refractivity contribution in [3.05, 3.63) is 96.1 Å². The largest absolute Gasteiger partial charge is 0.551 e. The molecule has 0 saturated carbocycles. The molecule has 0 N–H and O–H groups in total. The van der Waals surface area contributed by atoms with Crippen LogP contribution in [0.25, 0.3) is 27.5 Å². The molecule has 0 unspecified atom stereocenters. The lowest BCUT2D eigenvalue weighted by atomic mass is 9.52. The van der Waals surface area contributed by atoms with Gasteiger partial charge in [0.15, 0.2) is 0 Å². The van der Waals surface area contributed by atoms with E-state index >= 15 is 0 Å². The zero-order valence-corrected chi connectivity index (χ0v) is 17.0. The smallest absolute Gasteiger partial charge is 0.430 e. The summed E-state index contributed by atoms with van der Waals surface area (Å²) in [5.41, 5.74) is 9.13. The van der Waals surface area contributed by atoms with E-state index < -0.39 is 0 Å². The van der Waals surface area contributed by atoms with E-state index in [1.807, 2.05) is 30.3 Å². The lowest BCUT2D eigenvalue weighted by molar-refractivity contribution is 0.589. The average Bonchev–Trinajstić information content (AvgIpc) is 3.12. The lowest BCUT2D eigenvalue weighted by Gasteiger charge is -2.38. The van der Waals surface area contributed by atoms with E-state index in [-0.39, 0.29) is 12.3 Å². The predicted octanol–water partition coefficient (Wildman–Crippen LogP) is 4.92. The van der Waals surface area contributed by atoms with Crippen molar-refractivity contribution in [2.75, 3.05) is 0 Å². The molecule has 5 aromatic rings. The van der Waals surface area contributed by atoms with Crippen molar-refractivity contribution >= 4 is 39.6 Å². The minimum absolute atomic E-state index is 0.0654. The molecule has 142 valence electrons. The molecule has 0 radical (unpaired) electrons. The highest BCUT2D eigenvalue weighted by Gasteiger charge is 2.43. The van der Waals surface area contributed by atoms with E-state index in [9.17, 15) is 0 Å². The minimum atomic E-state index is -0.125. The topological polar surface area (TPSA) is 14.2 Å². The van der Waals surface area contributed by atoms with Crippen LogP contribution in [-0.4, -0.2) is 11.5 Å². The van der Waals surface area contributed by atoms with Crippen LogP contribution in [0, 0.1) is 0 Å². The maximum absolute atomic E-state index is 6.66. The fourth-order valence-corrected chi connectivity index (χ4v) is 5.68. The van der Waals surface area contributed by atoms with Crippen LogP contribution in [0.4, 0.5) is 0 Å². The van der Waals surface area contributed by atoms with Crippen LogP contribution in [0.2, 0.25) is 0 Å². The summed E-state index contributed by atoms with van der Waals surface area (Å²) in [5.74, 6) is 0.900. The van der Waals surface area contributed by atoms with Crippen molar-refractivity contribution in [3.63, 3.8) is 0 Å². The molecule has 3 heterocycles. The first-order chi connectivity index (χ1) is 14.7. The molecule has 4 aromatic carbocycles. The van der Waals surface area contributed by atoms with Crippen molar-refractivity contribution in [1.29, 1.82) is 0 Å². The monoisotopic (exact) mass is 385 g/mol. The first kappa shape index (κ1) is 16.4. The van der Waals surface area contributed by atoms with E-state index in [1.54, 1.807) is 0 Å². The standard InChI is InChI=1S/C27H20BNO/c1-27(2)20-13-6-11-18-19-12-7-15-22-25(19)29(24(18)20)26-21(27)14-8-16-23(26)28(22)30-17-9-4-3-5-10-17/h3-16H,1-2H3. The molecule has 2 nitrogen and oxygen atoms in total. The average molecular weight is 385 g/mol. The molecule has 0 atom stereocenters. The van der Waals surface area contributed by atoms with Gasteiger partial charge in [-0.3, -0.25) is 0 Å². The van der Waals surface area contributed by atoms with Gasteiger partial charge in [0.25, 0.3) is 0 Å². The Hall–Kier alpha value is -3.46. The van der Waals surface area contributed by atoms with E-state index in [1.165, 1.54) is 49.5 Å². The second-order valence-electron chi connectivity index (χ2n) is 8.96. The molecule has 3 heteroatoms. The van der Waals surface area contributed by atoms with Crippen LogP contribution < -0.4 is 15.6 Å². The van der Waals surface area contributed by atoms with Gasteiger partial charge in [-0.25, -0.2) is 0 Å². The van der Waals surface area contributed by atoms with E-state index in [0.29, 0.717) is 0 Å². The first-order valence-electron chi connectivity index (χ1n) is 10.6. The summed E-state index contributed by atoms with van der Waals surface area (Å²) < 4.78 is 9.17. The summed E-state index contributed by atoms with van der Waals surface area (Å²) in [6.45, 7) is 4.57. The number of benzene rings is 4. The van der Waals surface area contributed by atoms with Crippen LogP contribution >= 0.6 is 0 Å². The first-order valence-corrected chi connectivity index (χ1v) is 10.6. The van der Waals surface area contributed by atoms with Gasteiger partial charge in [-0.15, -0.1) is 0 Å². The molecule has 0 saturated heterocycles. The summed E-state index contributed by atoms with van der Waals surface area (Å²) >= 11 is 0. The highest BCUT2D eigenvalue weighted by atomic mass is 16.4. The molecule has 30 heavy (non-hydrogen) atoms. The zero-order valence-electron chi connectivity index (χ0n) is 17.0. The third-order valence-electron chi connectivity index (χ3n) is 7.04. The number of fused-ring (bicyclic) bond motifs is 1. The van der Waals surface area contributed by atoms with Gasteiger partial charge in [-0.2, -0.15) is 0 Å². The number of para-hydroxylation sites is 4. The van der Waals surface area contributed by atoms with Crippen LogP contribution in [0.3, 0.4) is 0 Å². The second-order valence-corrected chi connectivity index (χ2v) is 8.96. The minimum Gasteiger partial charge on any atom is -0.551 e. The van der Waals surface area contributed by atoms with Crippen molar-refractivity contribution in [1.82, 2.24) is 4.57 Å². The third kappa shape index (κ3) is 1.82. The molecule has 0 bridgehead atoms. The van der Waals surface area contributed by atoms with E-state index in [2.05, 4.69) is 73.0 Å². The molecule has 0 fully saturated rings. The quantitative estimate of drug-likeness (QED) is 0.394. The van der Waals surface area contributed by atoms with Gasteiger partial charge in [-0.05, 0) is 34.2 Å². The van der Waals surface area contributed by atoms with Gasteiger partial charge in [0.1, 0.15) is 0 Å². The van der Waals surface area contributed by atoms with Gasteiger partial charge in [0.05, 0.1) is 16.8 Å². The number of aromatic nitrogens is 1. The molecule has 0 amide bonds. The molecule has 7 rings (SSSR count). The Morgan fingerprint density at radius 2 is 1.33 bits per heavy atom. The molecule has 2 aliphatic rings. The summed E-state index contributed by atoms with van der Waals surface area (Å²) in [6.07, 6.45) is 0. The van der Waals surface area contributed by atoms with Crippen LogP contribution in [0.5, 0.6) is 5.75 Å². The van der Waals surface area contributed by atoms with Gasteiger partial charge in [-0.1, -0.05) is 86.6 Å². The molecular weight excluding hydrogens is 365 g/mol. The predicted molar refractivity (Wildman–Crippen MR) is 125 cm³/mol. The summed E-state index contributed by atoms with van der Waals surface area (Å²) in [4.78, 5) is 0. The van der Waals surface area contributed by atoms with Crippen LogP contribution in [-0.2, 0) is 5.41 Å². The SMILES string of the molecule is CC1(C)c2cccc3c2-n2c4c(cccc4c4cccc1c42)B3Oc1ccccc1. The summed E-state index contributed by atoms with van der Waals surface area (Å²) in [6, 6.07) is 30.3. The highest BCUT2D eigenvalue weighted by molar-refractivity contribution is 6.84.